The number of amides is 2. The third kappa shape index (κ3) is 4.24. The SMILES string of the molecule is CNCC(C)C(=O)N1CCN(CC(=O)N2CCCc3ccccc32)CC1. The number of hydrogen-bond acceptors (Lipinski definition) is 4. The molecule has 2 aliphatic rings. The molecule has 1 fully saturated rings. The number of aryl methyl sites for hydroxylation is 1. The number of rotatable bonds is 5. The van der Waals surface area contributed by atoms with E-state index in [1.54, 1.807) is 0 Å². The van der Waals surface area contributed by atoms with E-state index in [1.807, 2.05) is 42.0 Å². The lowest BCUT2D eigenvalue weighted by Crippen LogP contribution is -2.53. The van der Waals surface area contributed by atoms with E-state index in [0.717, 1.165) is 38.2 Å². The number of piperazine rings is 1. The Hall–Kier alpha value is -1.92. The first-order valence-electron chi connectivity index (χ1n) is 9.64. The van der Waals surface area contributed by atoms with E-state index >= 15 is 0 Å². The molecule has 6 nitrogen and oxygen atoms in total. The van der Waals surface area contributed by atoms with Gasteiger partial charge >= 0.3 is 0 Å². The van der Waals surface area contributed by atoms with Gasteiger partial charge in [0.25, 0.3) is 0 Å². The fourth-order valence-electron chi connectivity index (χ4n) is 3.90. The van der Waals surface area contributed by atoms with Crippen molar-refractivity contribution in [3.05, 3.63) is 29.8 Å². The lowest BCUT2D eigenvalue weighted by Gasteiger charge is -2.37. The van der Waals surface area contributed by atoms with E-state index in [-0.39, 0.29) is 17.7 Å². The Balaban J connectivity index is 1.52. The van der Waals surface area contributed by atoms with Gasteiger partial charge in [-0.2, -0.15) is 0 Å². The van der Waals surface area contributed by atoms with Crippen LogP contribution in [0.2, 0.25) is 0 Å². The first kappa shape index (κ1) is 18.9. The van der Waals surface area contributed by atoms with Crippen LogP contribution in [-0.2, 0) is 16.0 Å². The predicted octanol–water partition coefficient (Wildman–Crippen LogP) is 0.966. The molecular weight excluding hydrogens is 328 g/mol. The number of fused-ring (bicyclic) bond motifs is 1. The van der Waals surface area contributed by atoms with Crippen molar-refractivity contribution in [2.45, 2.75) is 19.8 Å². The van der Waals surface area contributed by atoms with Crippen LogP contribution in [0, 0.1) is 5.92 Å². The molecule has 1 aromatic rings. The van der Waals surface area contributed by atoms with Gasteiger partial charge in [0.1, 0.15) is 0 Å². The van der Waals surface area contributed by atoms with E-state index < -0.39 is 0 Å². The molecule has 0 radical (unpaired) electrons. The first-order valence-corrected chi connectivity index (χ1v) is 9.64. The molecule has 0 aromatic heterocycles. The van der Waals surface area contributed by atoms with Crippen molar-refractivity contribution >= 4 is 17.5 Å². The summed E-state index contributed by atoms with van der Waals surface area (Å²) in [6.45, 7) is 6.83. The lowest BCUT2D eigenvalue weighted by molar-refractivity contribution is -0.136. The van der Waals surface area contributed by atoms with Gasteiger partial charge in [-0.05, 0) is 31.5 Å². The van der Waals surface area contributed by atoms with Crippen LogP contribution in [-0.4, -0.2) is 74.5 Å². The summed E-state index contributed by atoms with van der Waals surface area (Å²) < 4.78 is 0. The molecule has 1 unspecified atom stereocenters. The van der Waals surface area contributed by atoms with Gasteiger partial charge in [-0.1, -0.05) is 25.1 Å². The second-order valence-corrected chi connectivity index (χ2v) is 7.34. The van der Waals surface area contributed by atoms with E-state index in [9.17, 15) is 9.59 Å². The van der Waals surface area contributed by atoms with Crippen LogP contribution in [0.4, 0.5) is 5.69 Å². The van der Waals surface area contributed by atoms with Crippen LogP contribution in [0.3, 0.4) is 0 Å². The summed E-state index contributed by atoms with van der Waals surface area (Å²) in [7, 11) is 1.87. The molecule has 142 valence electrons. The van der Waals surface area contributed by atoms with Gasteiger partial charge in [-0.3, -0.25) is 14.5 Å². The van der Waals surface area contributed by atoms with Crippen LogP contribution in [0.15, 0.2) is 24.3 Å². The Morgan fingerprint density at radius 2 is 1.85 bits per heavy atom. The van der Waals surface area contributed by atoms with Crippen molar-refractivity contribution in [3.63, 3.8) is 0 Å². The topological polar surface area (TPSA) is 55.9 Å². The van der Waals surface area contributed by atoms with Crippen LogP contribution >= 0.6 is 0 Å². The van der Waals surface area contributed by atoms with Gasteiger partial charge in [-0.15, -0.1) is 0 Å². The number of nitrogens with one attached hydrogen (secondary N) is 1. The number of anilines is 1. The van der Waals surface area contributed by atoms with Crippen molar-refractivity contribution in [1.29, 1.82) is 0 Å². The van der Waals surface area contributed by atoms with Gasteiger partial charge in [0.05, 0.1) is 6.54 Å². The maximum atomic E-state index is 12.8. The normalized spacial score (nSPS) is 19.2. The highest BCUT2D eigenvalue weighted by atomic mass is 16.2. The minimum Gasteiger partial charge on any atom is -0.340 e. The summed E-state index contributed by atoms with van der Waals surface area (Å²) in [5, 5.41) is 3.06. The molecule has 1 atom stereocenters. The van der Waals surface area contributed by atoms with E-state index in [0.29, 0.717) is 26.2 Å². The molecular formula is C20H30N4O2. The second-order valence-electron chi connectivity index (χ2n) is 7.34. The number of nitrogens with zero attached hydrogens (tertiary/aromatic N) is 3. The molecule has 2 aliphatic heterocycles. The van der Waals surface area contributed by atoms with E-state index in [1.165, 1.54) is 5.56 Å². The van der Waals surface area contributed by atoms with Gasteiger partial charge in [0.15, 0.2) is 0 Å². The van der Waals surface area contributed by atoms with Gasteiger partial charge in [-0.25, -0.2) is 0 Å². The number of hydrogen-bond donors (Lipinski definition) is 1. The Labute approximate surface area is 156 Å². The molecule has 1 aromatic carbocycles. The molecule has 1 N–H and O–H groups in total. The summed E-state index contributed by atoms with van der Waals surface area (Å²) in [5.74, 6) is 0.369. The van der Waals surface area contributed by atoms with Crippen LogP contribution < -0.4 is 10.2 Å². The summed E-state index contributed by atoms with van der Waals surface area (Å²) in [4.78, 5) is 31.3. The number of carbonyl (C=O) groups is 2. The molecule has 26 heavy (non-hydrogen) atoms. The molecule has 0 bridgehead atoms. The van der Waals surface area contributed by atoms with Crippen molar-refractivity contribution < 1.29 is 9.59 Å². The highest BCUT2D eigenvalue weighted by Gasteiger charge is 2.28. The third-order valence-corrected chi connectivity index (χ3v) is 5.39. The van der Waals surface area contributed by atoms with Crippen molar-refractivity contribution in [1.82, 2.24) is 15.1 Å². The molecule has 0 aliphatic carbocycles. The highest BCUT2D eigenvalue weighted by Crippen LogP contribution is 2.26. The van der Waals surface area contributed by atoms with E-state index in [4.69, 9.17) is 0 Å². The van der Waals surface area contributed by atoms with Crippen LogP contribution in [0.5, 0.6) is 0 Å². The lowest BCUT2D eigenvalue weighted by atomic mass is 10.0. The molecule has 0 spiro atoms. The first-order chi connectivity index (χ1) is 12.6. The summed E-state index contributed by atoms with van der Waals surface area (Å²) in [5.41, 5.74) is 2.33. The fraction of sp³-hybridized carbons (Fsp3) is 0.600. The Morgan fingerprint density at radius 3 is 2.58 bits per heavy atom. The Bertz CT molecular complexity index is 640. The third-order valence-electron chi connectivity index (χ3n) is 5.39. The average molecular weight is 358 g/mol. The minimum atomic E-state index is -0.00182. The quantitative estimate of drug-likeness (QED) is 0.852. The Kier molecular flexibility index (Phi) is 6.27. The summed E-state index contributed by atoms with van der Waals surface area (Å²) >= 11 is 0. The molecule has 6 heteroatoms. The second kappa shape index (κ2) is 8.64. The highest BCUT2D eigenvalue weighted by molar-refractivity contribution is 5.96. The molecule has 1 saturated heterocycles. The number of para-hydroxylation sites is 1. The summed E-state index contributed by atoms with van der Waals surface area (Å²) in [6.07, 6.45) is 2.07. The molecule has 0 saturated carbocycles. The van der Waals surface area contributed by atoms with Crippen molar-refractivity contribution in [2.24, 2.45) is 5.92 Å². The van der Waals surface area contributed by atoms with Crippen molar-refractivity contribution in [2.75, 3.05) is 57.8 Å². The van der Waals surface area contributed by atoms with Crippen LogP contribution in [0.25, 0.3) is 0 Å². The zero-order chi connectivity index (χ0) is 18.5. The zero-order valence-electron chi connectivity index (χ0n) is 15.9. The van der Waals surface area contributed by atoms with Gasteiger partial charge < -0.3 is 15.1 Å². The number of benzene rings is 1. The van der Waals surface area contributed by atoms with E-state index in [2.05, 4.69) is 16.3 Å². The zero-order valence-corrected chi connectivity index (χ0v) is 15.9. The molecule has 2 heterocycles. The molecule has 2 amide bonds. The summed E-state index contributed by atoms with van der Waals surface area (Å²) in [6, 6.07) is 8.21. The predicted molar refractivity (Wildman–Crippen MR) is 103 cm³/mol. The maximum absolute atomic E-state index is 12.8. The van der Waals surface area contributed by atoms with Gasteiger partial charge in [0, 0.05) is 50.9 Å². The minimum absolute atomic E-state index is 0.00182. The monoisotopic (exact) mass is 358 g/mol. The number of carbonyl (C=O) groups excluding carboxylic acids is 2. The average Bonchev–Trinajstić information content (AvgIpc) is 2.67. The van der Waals surface area contributed by atoms with Gasteiger partial charge in [0.2, 0.25) is 11.8 Å². The smallest absolute Gasteiger partial charge is 0.241 e. The van der Waals surface area contributed by atoms with Crippen LogP contribution in [0.1, 0.15) is 18.9 Å². The standard InChI is InChI=1S/C20H30N4O2/c1-16(14-21-2)20(26)23-12-10-22(11-13-23)15-19(25)24-9-5-7-17-6-3-4-8-18(17)24/h3-4,6,8,16,21H,5,7,9-15H2,1-2H3. The fourth-order valence-corrected chi connectivity index (χ4v) is 3.90. The maximum Gasteiger partial charge on any atom is 0.241 e. The largest absolute Gasteiger partial charge is 0.340 e. The van der Waals surface area contributed by atoms with Crippen molar-refractivity contribution in [3.8, 4) is 0 Å². The Morgan fingerprint density at radius 1 is 1.12 bits per heavy atom. The molecule has 3 rings (SSSR count).